The lowest BCUT2D eigenvalue weighted by Gasteiger charge is -2.21. The lowest BCUT2D eigenvalue weighted by molar-refractivity contribution is -0.141. The molecule has 94 valence electrons. The highest BCUT2D eigenvalue weighted by molar-refractivity contribution is 5.77. The van der Waals surface area contributed by atoms with Gasteiger partial charge in [-0.05, 0) is 19.3 Å². The summed E-state index contributed by atoms with van der Waals surface area (Å²) in [5.41, 5.74) is 0. The molecule has 4 nitrogen and oxygen atoms in total. The molecule has 0 saturated carbocycles. The summed E-state index contributed by atoms with van der Waals surface area (Å²) in [6.07, 6.45) is 2.66. The van der Waals surface area contributed by atoms with Crippen LogP contribution in [0.3, 0.4) is 0 Å². The van der Waals surface area contributed by atoms with Crippen molar-refractivity contribution >= 4 is 11.9 Å². The molecule has 16 heavy (non-hydrogen) atoms. The maximum Gasteiger partial charge on any atom is 0.306 e. The standard InChI is InChI=1S/C12H23NO3/c1-4-8-13(9-5-2)11(14)7-6-10(3)12(15)16/h10H,4-9H2,1-3H3,(H,15,16)/t10-/m0/s1. The fraction of sp³-hybridized carbons (Fsp3) is 0.833. The Morgan fingerprint density at radius 3 is 2.06 bits per heavy atom. The van der Waals surface area contributed by atoms with E-state index in [2.05, 4.69) is 0 Å². The summed E-state index contributed by atoms with van der Waals surface area (Å²) < 4.78 is 0. The molecule has 1 N–H and O–H groups in total. The highest BCUT2D eigenvalue weighted by Gasteiger charge is 2.16. The summed E-state index contributed by atoms with van der Waals surface area (Å²) >= 11 is 0. The summed E-state index contributed by atoms with van der Waals surface area (Å²) in [5.74, 6) is -1.18. The zero-order valence-corrected chi connectivity index (χ0v) is 10.5. The predicted molar refractivity (Wildman–Crippen MR) is 63.2 cm³/mol. The van der Waals surface area contributed by atoms with Gasteiger partial charge in [0.05, 0.1) is 5.92 Å². The number of hydrogen-bond donors (Lipinski definition) is 1. The molecule has 0 aromatic heterocycles. The Hall–Kier alpha value is -1.06. The van der Waals surface area contributed by atoms with Gasteiger partial charge < -0.3 is 10.0 Å². The number of aliphatic carboxylic acids is 1. The minimum Gasteiger partial charge on any atom is -0.481 e. The van der Waals surface area contributed by atoms with Crippen molar-refractivity contribution in [1.29, 1.82) is 0 Å². The number of carboxylic acids is 1. The Balaban J connectivity index is 4.04. The van der Waals surface area contributed by atoms with Gasteiger partial charge in [0, 0.05) is 19.5 Å². The van der Waals surface area contributed by atoms with E-state index >= 15 is 0 Å². The normalized spacial score (nSPS) is 12.2. The minimum absolute atomic E-state index is 0.0804. The zero-order chi connectivity index (χ0) is 12.6. The van der Waals surface area contributed by atoms with Crippen LogP contribution >= 0.6 is 0 Å². The van der Waals surface area contributed by atoms with Crippen molar-refractivity contribution in [3.63, 3.8) is 0 Å². The molecule has 0 rings (SSSR count). The smallest absolute Gasteiger partial charge is 0.306 e. The maximum atomic E-state index is 11.8. The van der Waals surface area contributed by atoms with Gasteiger partial charge in [-0.15, -0.1) is 0 Å². The second kappa shape index (κ2) is 8.13. The molecule has 0 aliphatic rings. The highest BCUT2D eigenvalue weighted by Crippen LogP contribution is 2.08. The molecule has 1 amide bonds. The summed E-state index contributed by atoms with van der Waals surface area (Å²) in [5, 5.41) is 8.72. The minimum atomic E-state index is -0.828. The van der Waals surface area contributed by atoms with E-state index in [-0.39, 0.29) is 5.91 Å². The molecule has 0 bridgehead atoms. The third-order valence-corrected chi connectivity index (χ3v) is 2.55. The van der Waals surface area contributed by atoms with E-state index in [9.17, 15) is 9.59 Å². The number of carboxylic acid groups (broad SMARTS) is 1. The largest absolute Gasteiger partial charge is 0.481 e. The van der Waals surface area contributed by atoms with Crippen LogP contribution in [0.4, 0.5) is 0 Å². The van der Waals surface area contributed by atoms with Crippen LogP contribution in [-0.4, -0.2) is 35.0 Å². The van der Waals surface area contributed by atoms with Crippen LogP contribution in [0.2, 0.25) is 0 Å². The molecule has 0 aliphatic carbocycles. The third-order valence-electron chi connectivity index (χ3n) is 2.55. The van der Waals surface area contributed by atoms with E-state index in [1.54, 1.807) is 6.92 Å². The maximum absolute atomic E-state index is 11.8. The van der Waals surface area contributed by atoms with Crippen LogP contribution in [-0.2, 0) is 9.59 Å². The molecule has 0 aromatic carbocycles. The Kier molecular flexibility index (Phi) is 7.60. The number of carbonyl (C=O) groups is 2. The first-order valence-electron chi connectivity index (χ1n) is 6.03. The first kappa shape index (κ1) is 14.9. The van der Waals surface area contributed by atoms with Crippen LogP contribution in [0.25, 0.3) is 0 Å². The van der Waals surface area contributed by atoms with Gasteiger partial charge in [-0.2, -0.15) is 0 Å². The van der Waals surface area contributed by atoms with E-state index in [0.29, 0.717) is 12.8 Å². The van der Waals surface area contributed by atoms with Crippen molar-refractivity contribution in [2.45, 2.75) is 46.5 Å². The topological polar surface area (TPSA) is 57.6 Å². The predicted octanol–water partition coefficient (Wildman–Crippen LogP) is 2.14. The molecule has 1 atom stereocenters. The molecular formula is C12H23NO3. The molecule has 0 saturated heterocycles. The molecule has 4 heteroatoms. The first-order chi connectivity index (χ1) is 7.52. The fourth-order valence-electron chi connectivity index (χ4n) is 1.52. The average molecular weight is 229 g/mol. The Morgan fingerprint density at radius 2 is 1.69 bits per heavy atom. The lowest BCUT2D eigenvalue weighted by Crippen LogP contribution is -2.32. The van der Waals surface area contributed by atoms with Gasteiger partial charge in [0.1, 0.15) is 0 Å². The highest BCUT2D eigenvalue weighted by atomic mass is 16.4. The fourth-order valence-corrected chi connectivity index (χ4v) is 1.52. The monoisotopic (exact) mass is 229 g/mol. The average Bonchev–Trinajstić information content (AvgIpc) is 2.24. The van der Waals surface area contributed by atoms with Crippen molar-refractivity contribution in [1.82, 2.24) is 4.90 Å². The van der Waals surface area contributed by atoms with Crippen LogP contribution in [0.1, 0.15) is 46.5 Å². The second-order valence-electron chi connectivity index (χ2n) is 4.16. The summed E-state index contributed by atoms with van der Waals surface area (Å²) in [4.78, 5) is 24.2. The summed E-state index contributed by atoms with van der Waals surface area (Å²) in [7, 11) is 0. The van der Waals surface area contributed by atoms with Crippen LogP contribution in [0.5, 0.6) is 0 Å². The quantitative estimate of drug-likeness (QED) is 0.693. The molecule has 0 fully saturated rings. The SMILES string of the molecule is CCCN(CCC)C(=O)CC[C@H](C)C(=O)O. The molecule has 0 aliphatic heterocycles. The summed E-state index contributed by atoms with van der Waals surface area (Å²) in [6, 6.07) is 0. The number of nitrogens with zero attached hydrogens (tertiary/aromatic N) is 1. The Morgan fingerprint density at radius 1 is 1.19 bits per heavy atom. The van der Waals surface area contributed by atoms with Crippen molar-refractivity contribution in [2.75, 3.05) is 13.1 Å². The number of carbonyl (C=O) groups excluding carboxylic acids is 1. The third kappa shape index (κ3) is 5.73. The van der Waals surface area contributed by atoms with E-state index in [0.717, 1.165) is 25.9 Å². The van der Waals surface area contributed by atoms with E-state index in [1.165, 1.54) is 0 Å². The molecular weight excluding hydrogens is 206 g/mol. The van der Waals surface area contributed by atoms with E-state index in [1.807, 2.05) is 18.7 Å². The van der Waals surface area contributed by atoms with Crippen molar-refractivity contribution in [2.24, 2.45) is 5.92 Å². The number of amides is 1. The molecule has 0 aromatic rings. The van der Waals surface area contributed by atoms with Crippen LogP contribution in [0.15, 0.2) is 0 Å². The molecule has 0 unspecified atom stereocenters. The first-order valence-corrected chi connectivity index (χ1v) is 6.03. The van der Waals surface area contributed by atoms with Crippen molar-refractivity contribution in [3.05, 3.63) is 0 Å². The summed E-state index contributed by atoms with van der Waals surface area (Å²) in [6.45, 7) is 7.26. The van der Waals surface area contributed by atoms with E-state index in [4.69, 9.17) is 5.11 Å². The Labute approximate surface area is 97.6 Å². The van der Waals surface area contributed by atoms with Gasteiger partial charge in [-0.3, -0.25) is 9.59 Å². The van der Waals surface area contributed by atoms with Gasteiger partial charge >= 0.3 is 5.97 Å². The van der Waals surface area contributed by atoms with Gasteiger partial charge in [-0.25, -0.2) is 0 Å². The number of hydrogen-bond acceptors (Lipinski definition) is 2. The van der Waals surface area contributed by atoms with Gasteiger partial charge in [0.25, 0.3) is 0 Å². The number of rotatable bonds is 8. The zero-order valence-electron chi connectivity index (χ0n) is 10.5. The lowest BCUT2D eigenvalue weighted by atomic mass is 10.1. The Bertz CT molecular complexity index is 222. The molecule has 0 spiro atoms. The van der Waals surface area contributed by atoms with Crippen molar-refractivity contribution < 1.29 is 14.7 Å². The van der Waals surface area contributed by atoms with Crippen LogP contribution in [0, 0.1) is 5.92 Å². The van der Waals surface area contributed by atoms with Gasteiger partial charge in [0.15, 0.2) is 0 Å². The molecule has 0 heterocycles. The molecule has 0 radical (unpaired) electrons. The van der Waals surface area contributed by atoms with Gasteiger partial charge in [-0.1, -0.05) is 20.8 Å². The second-order valence-corrected chi connectivity index (χ2v) is 4.16. The van der Waals surface area contributed by atoms with Crippen molar-refractivity contribution in [3.8, 4) is 0 Å². The van der Waals surface area contributed by atoms with Gasteiger partial charge in [0.2, 0.25) is 5.91 Å². The van der Waals surface area contributed by atoms with E-state index < -0.39 is 11.9 Å². The van der Waals surface area contributed by atoms with Crippen LogP contribution < -0.4 is 0 Å².